The van der Waals surface area contributed by atoms with Gasteiger partial charge in [0.2, 0.25) is 0 Å². The van der Waals surface area contributed by atoms with Crippen LogP contribution in [0.15, 0.2) is 165 Å². The fraction of sp³-hybridized carbons (Fsp3) is 0.370. The van der Waals surface area contributed by atoms with Gasteiger partial charge in [-0.05, 0) is 113 Å². The van der Waals surface area contributed by atoms with Crippen molar-refractivity contribution in [2.75, 3.05) is 123 Å². The van der Waals surface area contributed by atoms with E-state index in [-0.39, 0.29) is 13.5 Å². The molecule has 12 aromatic rings. The molecule has 2 unspecified atom stereocenters. The van der Waals surface area contributed by atoms with E-state index < -0.39 is 6.10 Å². The summed E-state index contributed by atoms with van der Waals surface area (Å²) in [6.07, 6.45) is 23.7. The number of aliphatic hydroxyl groups excluding tert-OH is 2. The number of hydrogen-bond acceptors (Lipinski definition) is 23. The summed E-state index contributed by atoms with van der Waals surface area (Å²) >= 11 is 0. The third kappa shape index (κ3) is 19.3. The number of anilines is 6. The maximum Gasteiger partial charge on any atom is 0.124 e. The summed E-state index contributed by atoms with van der Waals surface area (Å²) < 4.78 is 38.5. The monoisotopic (exact) mass is 1450 g/mol. The molecule has 0 bridgehead atoms. The lowest BCUT2D eigenvalue weighted by atomic mass is 10.1. The summed E-state index contributed by atoms with van der Waals surface area (Å²) in [4.78, 5) is 39.8. The smallest absolute Gasteiger partial charge is 0.124 e. The second-order valence-corrected chi connectivity index (χ2v) is 27.0. The topological polar surface area (TPSA) is 255 Å². The number of aliphatic hydroxyl groups is 2. The van der Waals surface area contributed by atoms with Crippen molar-refractivity contribution < 1.29 is 38.6 Å². The number of ether oxygens (including phenoxy) is 6. The van der Waals surface area contributed by atoms with Gasteiger partial charge >= 0.3 is 0 Å². The third-order valence-corrected chi connectivity index (χ3v) is 19.2. The maximum atomic E-state index is 11.2. The highest BCUT2D eigenvalue weighted by Crippen LogP contribution is 2.39. The first-order chi connectivity index (χ1) is 51.7. The number of β-amino-alcohol motifs (C(OH)–C–C–N with tert-alkyl or cyclic N) is 2. The van der Waals surface area contributed by atoms with Crippen molar-refractivity contribution in [1.29, 1.82) is 0 Å². The van der Waals surface area contributed by atoms with Gasteiger partial charge in [-0.3, -0.25) is 29.0 Å². The molecular weight excluding hydrogens is 1350 g/mol. The average molecular weight is 1450 g/mol. The predicted octanol–water partition coefficient (Wildman–Crippen LogP) is 12.2. The molecule has 26 nitrogen and oxygen atoms in total. The van der Waals surface area contributed by atoms with Crippen molar-refractivity contribution >= 4 is 67.2 Å². The number of nitrogens with zero attached hydrogens (tertiary/aromatic N) is 17. The summed E-state index contributed by atoms with van der Waals surface area (Å²) in [5, 5.41) is 37.4. The number of benzene rings is 6. The third-order valence-electron chi connectivity index (χ3n) is 19.2. The average Bonchev–Trinajstić information content (AvgIpc) is 1.56. The van der Waals surface area contributed by atoms with Crippen LogP contribution in [0, 0.1) is 0 Å². The fourth-order valence-electron chi connectivity index (χ4n) is 13.4. The molecule has 0 radical (unpaired) electrons. The van der Waals surface area contributed by atoms with Crippen LogP contribution in [0.5, 0.6) is 34.5 Å². The highest BCUT2D eigenvalue weighted by molar-refractivity contribution is 5.86. The Labute approximate surface area is 625 Å². The zero-order chi connectivity index (χ0) is 73.6. The van der Waals surface area contributed by atoms with Gasteiger partial charge in [-0.2, -0.15) is 15.3 Å². The number of nitrogens with one attached hydrogen (secondary N) is 1. The van der Waals surface area contributed by atoms with Crippen molar-refractivity contribution in [3.8, 4) is 68.3 Å². The Kier molecular flexibility index (Phi) is 25.0. The Morgan fingerprint density at radius 2 is 0.841 bits per heavy atom. The summed E-state index contributed by atoms with van der Waals surface area (Å²) in [6, 6.07) is 36.6. The first-order valence-electron chi connectivity index (χ1n) is 36.0. The van der Waals surface area contributed by atoms with Gasteiger partial charge in [-0.25, -0.2) is 15.0 Å². The van der Waals surface area contributed by atoms with E-state index in [1.54, 1.807) is 93.9 Å². The number of hydrogen-bond donors (Lipinski definition) is 3. The molecule has 8 heterocycles. The van der Waals surface area contributed by atoms with Crippen molar-refractivity contribution in [3.63, 3.8) is 0 Å². The first kappa shape index (κ1) is 75.6. The minimum Gasteiger partial charge on any atom is -0.497 e. The van der Waals surface area contributed by atoms with E-state index in [9.17, 15) is 10.2 Å². The van der Waals surface area contributed by atoms with Gasteiger partial charge in [0.1, 0.15) is 34.5 Å². The molecule has 1 saturated carbocycles. The van der Waals surface area contributed by atoms with Crippen LogP contribution in [0.2, 0.25) is 0 Å². The molecule has 1 aliphatic carbocycles. The Morgan fingerprint density at radius 3 is 1.21 bits per heavy atom. The first-order valence-corrected chi connectivity index (χ1v) is 36.0. The fourth-order valence-corrected chi connectivity index (χ4v) is 13.4. The number of aromatic nitrogens is 12. The van der Waals surface area contributed by atoms with E-state index in [0.29, 0.717) is 30.6 Å². The molecule has 2 aliphatic heterocycles. The lowest BCUT2D eigenvalue weighted by molar-refractivity contribution is 0.107. The molecule has 6 aromatic carbocycles. The lowest BCUT2D eigenvalue weighted by Crippen LogP contribution is -2.41. The standard InChI is InChI=1S/C28H34N6O3.C27H32N6O3.C25H28N6O2.CH4/c1-32-17-20(15-30-32)28-16-29-26-8-7-21(13-27(26)31-28)34(19-23(35)18-33-9-5-4-6-10-33)22-11-24(36-2)14-25(12-22)37-3;1-31-17-19(15-29-31)27-16-28-25-6-5-20(13-26(25)30-27)33(9-4-8-32-10-7-22(34)18-32)21-11-23(35-2)14-24(12-21)36-3;1-30-16-17(14-28-30)25-15-27-23-7-6-19(12-24(23)29-25)31(9-8-26-18-4-5-18)20-10-21(32-2)13-22(11-20)33-3;/h7-8,11-17,23,35H,4-6,9-10,18-19H2,1-3H3;5-6,11-17,22,34H,4,7-10,18H2,1-3H3;6-7,10-16,18,26H,4-5,8-9H2,1-3H3;1H4. The number of aryl methyl sites for hydroxylation is 3. The van der Waals surface area contributed by atoms with Crippen molar-refractivity contribution in [3.05, 3.63) is 165 Å². The maximum absolute atomic E-state index is 11.2. The summed E-state index contributed by atoms with van der Waals surface area (Å²) in [5.41, 5.74) is 15.8. The zero-order valence-corrected chi connectivity index (χ0v) is 61.8. The molecular formula is C81H98N18O8. The SMILES string of the molecule is C.COc1cc(OC)cc(N(CC(O)CN2CCCCC2)c2ccc3ncc(-c4cnn(C)c4)nc3c2)c1.COc1cc(OC)cc(N(CCCN2CCC(O)C2)c2ccc3ncc(-c4cnn(C)c4)nc3c2)c1.COc1cc(OC)cc(N(CCNC2CC2)c2ccc3ncc(-c4cnn(C)c4)nc3c2)c1. The number of piperidine rings is 1. The predicted molar refractivity (Wildman–Crippen MR) is 421 cm³/mol. The molecule has 560 valence electrons. The van der Waals surface area contributed by atoms with Gasteiger partial charge in [-0.15, -0.1) is 0 Å². The van der Waals surface area contributed by atoms with Gasteiger partial charge in [-0.1, -0.05) is 13.8 Å². The normalized spacial score (nSPS) is 14.7. The Hall–Kier alpha value is -11.0. The van der Waals surface area contributed by atoms with Gasteiger partial charge in [0, 0.05) is 190 Å². The van der Waals surface area contributed by atoms with Crippen LogP contribution in [0.3, 0.4) is 0 Å². The molecule has 2 atom stereocenters. The van der Waals surface area contributed by atoms with E-state index >= 15 is 0 Å². The molecule has 26 heteroatoms. The molecule has 3 N–H and O–H groups in total. The second kappa shape index (κ2) is 35.4. The van der Waals surface area contributed by atoms with E-state index in [4.69, 9.17) is 43.4 Å². The van der Waals surface area contributed by atoms with Crippen LogP contribution < -0.4 is 48.4 Å². The van der Waals surface area contributed by atoms with Crippen LogP contribution in [0.4, 0.5) is 34.1 Å². The van der Waals surface area contributed by atoms with Crippen LogP contribution in [0.1, 0.15) is 52.4 Å². The van der Waals surface area contributed by atoms with E-state index in [1.807, 2.05) is 125 Å². The molecule has 6 aromatic heterocycles. The van der Waals surface area contributed by atoms with Gasteiger partial charge in [0.05, 0.1) is 149 Å². The van der Waals surface area contributed by atoms with E-state index in [1.165, 1.54) is 32.1 Å². The zero-order valence-electron chi connectivity index (χ0n) is 61.8. The Balaban J connectivity index is 0.000000150. The van der Waals surface area contributed by atoms with Crippen LogP contribution in [-0.2, 0) is 21.1 Å². The van der Waals surface area contributed by atoms with Crippen molar-refractivity contribution in [1.82, 2.24) is 74.4 Å². The second-order valence-electron chi connectivity index (χ2n) is 27.0. The van der Waals surface area contributed by atoms with Gasteiger partial charge < -0.3 is 68.5 Å². The molecule has 107 heavy (non-hydrogen) atoms. The van der Waals surface area contributed by atoms with Gasteiger partial charge in [0.15, 0.2) is 0 Å². The van der Waals surface area contributed by atoms with E-state index in [0.717, 1.165) is 189 Å². The number of methoxy groups -OCH3 is 6. The van der Waals surface area contributed by atoms with Crippen LogP contribution in [0.25, 0.3) is 66.9 Å². The Bertz CT molecular complexity index is 4860. The number of fused-ring (bicyclic) bond motifs is 3. The van der Waals surface area contributed by atoms with Crippen LogP contribution in [-0.4, -0.2) is 206 Å². The largest absolute Gasteiger partial charge is 0.497 e. The molecule has 0 amide bonds. The van der Waals surface area contributed by atoms with Crippen molar-refractivity contribution in [2.45, 2.75) is 70.6 Å². The Morgan fingerprint density at radius 1 is 0.449 bits per heavy atom. The molecule has 3 aliphatic rings. The molecule has 0 spiro atoms. The summed E-state index contributed by atoms with van der Waals surface area (Å²) in [5.74, 6) is 4.34. The lowest BCUT2D eigenvalue weighted by Gasteiger charge is -2.32. The number of rotatable bonds is 27. The summed E-state index contributed by atoms with van der Waals surface area (Å²) in [6.45, 7) is 8.19. The minimum absolute atomic E-state index is 0. The molecule has 15 rings (SSSR count). The van der Waals surface area contributed by atoms with Crippen molar-refractivity contribution in [2.24, 2.45) is 21.1 Å². The minimum atomic E-state index is -0.543. The van der Waals surface area contributed by atoms with Crippen LogP contribution >= 0.6 is 0 Å². The van der Waals surface area contributed by atoms with Gasteiger partial charge in [0.25, 0.3) is 0 Å². The number of likely N-dealkylation sites (tertiary alicyclic amines) is 2. The quantitative estimate of drug-likeness (QED) is 0.0432. The summed E-state index contributed by atoms with van der Waals surface area (Å²) in [7, 11) is 15.6. The highest BCUT2D eigenvalue weighted by Gasteiger charge is 2.25. The highest BCUT2D eigenvalue weighted by atomic mass is 16.5. The van der Waals surface area contributed by atoms with E-state index in [2.05, 4.69) is 84.3 Å². The molecule has 3 fully saturated rings. The molecule has 2 saturated heterocycles.